The highest BCUT2D eigenvalue weighted by Gasteiger charge is 2.22. The van der Waals surface area contributed by atoms with Crippen LogP contribution in [0.5, 0.6) is 5.75 Å². The maximum atomic E-state index is 12.7. The first-order valence-electron chi connectivity index (χ1n) is 9.20. The molecule has 2 aromatic carbocycles. The normalized spacial score (nSPS) is 10.7. The lowest BCUT2D eigenvalue weighted by atomic mass is 9.97. The highest BCUT2D eigenvalue weighted by molar-refractivity contribution is 6.04. The molecule has 0 aliphatic heterocycles. The summed E-state index contributed by atoms with van der Waals surface area (Å²) in [5, 5.41) is 13.5. The molecule has 0 saturated heterocycles. The summed E-state index contributed by atoms with van der Waals surface area (Å²) >= 11 is 0. The number of carbonyl (C=O) groups is 2. The number of hydrogen-bond donors (Lipinski definition) is 2. The van der Waals surface area contributed by atoms with Crippen molar-refractivity contribution < 1.29 is 19.4 Å². The summed E-state index contributed by atoms with van der Waals surface area (Å²) in [5.74, 6) is -1.87. The SMILES string of the molecule is CCOC(=O)CNC(=O)c1c(O)c2cc(-c3ccccc3)c(C)cc2n(C)c1=O. The Labute approximate surface area is 167 Å². The second-order valence-corrected chi connectivity index (χ2v) is 6.63. The van der Waals surface area contributed by atoms with Crippen LogP contribution >= 0.6 is 0 Å². The van der Waals surface area contributed by atoms with Crippen LogP contribution in [0.3, 0.4) is 0 Å². The van der Waals surface area contributed by atoms with E-state index in [1.165, 1.54) is 11.6 Å². The van der Waals surface area contributed by atoms with Gasteiger partial charge in [-0.25, -0.2) is 0 Å². The number of amides is 1. The van der Waals surface area contributed by atoms with E-state index in [1.807, 2.05) is 37.3 Å². The molecule has 0 radical (unpaired) electrons. The van der Waals surface area contributed by atoms with Gasteiger partial charge < -0.3 is 19.7 Å². The number of carbonyl (C=O) groups excluding carboxylic acids is 2. The first-order valence-corrected chi connectivity index (χ1v) is 9.20. The van der Waals surface area contributed by atoms with Crippen molar-refractivity contribution in [2.75, 3.05) is 13.2 Å². The van der Waals surface area contributed by atoms with E-state index < -0.39 is 35.3 Å². The predicted octanol–water partition coefficient (Wildman–Crippen LogP) is 2.51. The standard InChI is InChI=1S/C22H22N2O5/c1-4-29-18(25)12-23-21(27)19-20(26)16-11-15(14-8-6-5-7-9-14)13(2)10-17(16)24(3)22(19)28/h5-11,26H,4,12H2,1-3H3,(H,23,27). The molecule has 0 spiro atoms. The molecule has 3 rings (SSSR count). The number of pyridine rings is 1. The molecule has 0 aliphatic carbocycles. The van der Waals surface area contributed by atoms with Gasteiger partial charge in [-0.2, -0.15) is 0 Å². The molecule has 3 aromatic rings. The van der Waals surface area contributed by atoms with Gasteiger partial charge in [0.05, 0.1) is 12.1 Å². The van der Waals surface area contributed by atoms with Gasteiger partial charge >= 0.3 is 5.97 Å². The summed E-state index contributed by atoms with van der Waals surface area (Å²) in [5.41, 5.74) is 2.21. The zero-order valence-electron chi connectivity index (χ0n) is 16.5. The fraction of sp³-hybridized carbons (Fsp3) is 0.227. The number of aromatic nitrogens is 1. The van der Waals surface area contributed by atoms with Gasteiger partial charge in [-0.3, -0.25) is 14.4 Å². The number of hydrogen-bond acceptors (Lipinski definition) is 5. The summed E-state index contributed by atoms with van der Waals surface area (Å²) in [6.07, 6.45) is 0. The Kier molecular flexibility index (Phi) is 5.68. The average molecular weight is 394 g/mol. The highest BCUT2D eigenvalue weighted by Crippen LogP contribution is 2.33. The molecule has 0 aliphatic rings. The molecule has 2 N–H and O–H groups in total. The number of esters is 1. The third-order valence-electron chi connectivity index (χ3n) is 4.72. The summed E-state index contributed by atoms with van der Waals surface area (Å²) in [6, 6.07) is 13.2. The molecule has 7 nitrogen and oxygen atoms in total. The Hall–Kier alpha value is -3.61. The van der Waals surface area contributed by atoms with Gasteiger partial charge in [-0.1, -0.05) is 30.3 Å². The zero-order valence-corrected chi connectivity index (χ0v) is 16.5. The first-order chi connectivity index (χ1) is 13.8. The Morgan fingerprint density at radius 2 is 1.86 bits per heavy atom. The molecule has 0 unspecified atom stereocenters. The molecule has 0 saturated carbocycles. The van der Waals surface area contributed by atoms with E-state index in [4.69, 9.17) is 4.74 Å². The first kappa shape index (κ1) is 20.1. The minimum absolute atomic E-state index is 0.180. The van der Waals surface area contributed by atoms with Crippen LogP contribution in [-0.4, -0.2) is 34.7 Å². The third kappa shape index (κ3) is 3.85. The third-order valence-corrected chi connectivity index (χ3v) is 4.72. The molecule has 1 amide bonds. The van der Waals surface area contributed by atoms with E-state index in [0.29, 0.717) is 10.9 Å². The van der Waals surface area contributed by atoms with E-state index in [9.17, 15) is 19.5 Å². The van der Waals surface area contributed by atoms with Gasteiger partial charge in [-0.05, 0) is 42.7 Å². The number of nitrogens with one attached hydrogen (secondary N) is 1. The van der Waals surface area contributed by atoms with Crippen molar-refractivity contribution in [1.82, 2.24) is 9.88 Å². The summed E-state index contributed by atoms with van der Waals surface area (Å²) in [7, 11) is 1.54. The largest absolute Gasteiger partial charge is 0.506 e. The number of benzene rings is 2. The van der Waals surface area contributed by atoms with E-state index in [1.54, 1.807) is 19.1 Å². The molecule has 1 aromatic heterocycles. The van der Waals surface area contributed by atoms with Crippen molar-refractivity contribution in [3.63, 3.8) is 0 Å². The Bertz CT molecular complexity index is 1150. The molecule has 0 fully saturated rings. The lowest BCUT2D eigenvalue weighted by molar-refractivity contribution is -0.141. The summed E-state index contributed by atoms with van der Waals surface area (Å²) in [6.45, 7) is 3.36. The van der Waals surface area contributed by atoms with Gasteiger partial charge in [0.25, 0.3) is 11.5 Å². The maximum absolute atomic E-state index is 12.7. The van der Waals surface area contributed by atoms with Crippen LogP contribution in [-0.2, 0) is 16.6 Å². The minimum Gasteiger partial charge on any atom is -0.506 e. The molecular formula is C22H22N2O5. The quantitative estimate of drug-likeness (QED) is 0.648. The van der Waals surface area contributed by atoms with Crippen molar-refractivity contribution >= 4 is 22.8 Å². The number of aryl methyl sites for hydroxylation is 2. The number of nitrogens with zero attached hydrogens (tertiary/aromatic N) is 1. The van der Waals surface area contributed by atoms with Crippen LogP contribution in [0.2, 0.25) is 0 Å². The van der Waals surface area contributed by atoms with Gasteiger partial charge in [-0.15, -0.1) is 0 Å². The minimum atomic E-state index is -0.833. The predicted molar refractivity (Wildman–Crippen MR) is 110 cm³/mol. The number of aromatic hydroxyl groups is 1. The zero-order chi connectivity index (χ0) is 21.1. The van der Waals surface area contributed by atoms with Crippen molar-refractivity contribution in [1.29, 1.82) is 0 Å². The topological polar surface area (TPSA) is 97.6 Å². The maximum Gasteiger partial charge on any atom is 0.325 e. The molecule has 0 bridgehead atoms. The Morgan fingerprint density at radius 3 is 2.52 bits per heavy atom. The van der Waals surface area contributed by atoms with Crippen LogP contribution in [0.25, 0.3) is 22.0 Å². The fourth-order valence-electron chi connectivity index (χ4n) is 3.26. The van der Waals surface area contributed by atoms with Crippen molar-refractivity contribution in [2.24, 2.45) is 7.05 Å². The van der Waals surface area contributed by atoms with Crippen molar-refractivity contribution in [3.8, 4) is 16.9 Å². The Morgan fingerprint density at radius 1 is 1.17 bits per heavy atom. The van der Waals surface area contributed by atoms with Crippen molar-refractivity contribution in [2.45, 2.75) is 13.8 Å². The van der Waals surface area contributed by atoms with Crippen LogP contribution in [0.15, 0.2) is 47.3 Å². The second-order valence-electron chi connectivity index (χ2n) is 6.63. The summed E-state index contributed by atoms with van der Waals surface area (Å²) in [4.78, 5) is 36.7. The number of ether oxygens (including phenoxy) is 1. The second kappa shape index (κ2) is 8.18. The molecule has 0 atom stereocenters. The Balaban J connectivity index is 2.12. The number of rotatable bonds is 5. The van der Waals surface area contributed by atoms with Gasteiger partial charge in [0.1, 0.15) is 17.9 Å². The molecule has 7 heteroatoms. The van der Waals surface area contributed by atoms with E-state index in [0.717, 1.165) is 16.7 Å². The monoisotopic (exact) mass is 394 g/mol. The van der Waals surface area contributed by atoms with Gasteiger partial charge in [0.15, 0.2) is 0 Å². The lowest BCUT2D eigenvalue weighted by Crippen LogP contribution is -2.35. The smallest absolute Gasteiger partial charge is 0.325 e. The van der Waals surface area contributed by atoms with Crippen molar-refractivity contribution in [3.05, 3.63) is 63.9 Å². The lowest BCUT2D eigenvalue weighted by Gasteiger charge is -2.15. The highest BCUT2D eigenvalue weighted by atomic mass is 16.5. The van der Waals surface area contributed by atoms with Gasteiger partial charge in [0.2, 0.25) is 0 Å². The van der Waals surface area contributed by atoms with E-state index >= 15 is 0 Å². The van der Waals surface area contributed by atoms with Crippen LogP contribution < -0.4 is 10.9 Å². The fourth-order valence-corrected chi connectivity index (χ4v) is 3.26. The van der Waals surface area contributed by atoms with E-state index in [-0.39, 0.29) is 6.61 Å². The number of fused-ring (bicyclic) bond motifs is 1. The van der Waals surface area contributed by atoms with Crippen LogP contribution in [0.1, 0.15) is 22.8 Å². The molecule has 150 valence electrons. The molecule has 1 heterocycles. The average Bonchev–Trinajstić information content (AvgIpc) is 2.71. The van der Waals surface area contributed by atoms with Crippen LogP contribution in [0.4, 0.5) is 0 Å². The summed E-state index contributed by atoms with van der Waals surface area (Å²) < 4.78 is 6.08. The van der Waals surface area contributed by atoms with E-state index in [2.05, 4.69) is 5.32 Å². The molecular weight excluding hydrogens is 372 g/mol. The molecule has 29 heavy (non-hydrogen) atoms. The van der Waals surface area contributed by atoms with Crippen LogP contribution in [0, 0.1) is 6.92 Å². The van der Waals surface area contributed by atoms with Gasteiger partial charge in [0, 0.05) is 12.4 Å².